The SMILES string of the molecule is CC1=CCCC(C)(C)C1C=CC(C)[N+]1(C)CCCC1.[I-]. The van der Waals surface area contributed by atoms with Gasteiger partial charge in [0.15, 0.2) is 0 Å². The molecule has 0 aromatic carbocycles. The highest BCUT2D eigenvalue weighted by Gasteiger charge is 2.33. The number of likely N-dealkylation sites (N-methyl/N-ethyl adjacent to an activating group) is 1. The van der Waals surface area contributed by atoms with Crippen LogP contribution in [-0.4, -0.2) is 30.7 Å². The number of hydrogen-bond acceptors (Lipinski definition) is 0. The van der Waals surface area contributed by atoms with Crippen LogP contribution in [0.1, 0.15) is 53.4 Å². The molecule has 2 atom stereocenters. The van der Waals surface area contributed by atoms with E-state index in [1.807, 2.05) is 0 Å². The van der Waals surface area contributed by atoms with Crippen molar-refractivity contribution in [2.45, 2.75) is 59.4 Å². The Morgan fingerprint density at radius 3 is 2.45 bits per heavy atom. The Hall–Kier alpha value is 0.170. The van der Waals surface area contributed by atoms with Crippen molar-refractivity contribution in [1.29, 1.82) is 0 Å². The predicted molar refractivity (Wildman–Crippen MR) is 84.0 cm³/mol. The number of rotatable bonds is 3. The largest absolute Gasteiger partial charge is 1.00 e. The third-order valence-electron chi connectivity index (χ3n) is 5.74. The standard InChI is InChI=1S/C18H32N.HI/c1-15-9-8-12-18(3,4)17(15)11-10-16(2)19(5)13-6-7-14-19;/h9-11,16-17H,6-8,12-14H2,1-5H3;1H/q+1;/p-1. The predicted octanol–water partition coefficient (Wildman–Crippen LogP) is 1.56. The molecule has 1 aliphatic heterocycles. The molecule has 0 saturated carbocycles. The number of halogens is 1. The minimum Gasteiger partial charge on any atom is -1.00 e. The molecule has 0 aromatic heterocycles. The van der Waals surface area contributed by atoms with Gasteiger partial charge in [-0.3, -0.25) is 0 Å². The molecule has 0 bridgehead atoms. The van der Waals surface area contributed by atoms with E-state index in [1.165, 1.54) is 43.3 Å². The van der Waals surface area contributed by atoms with E-state index in [0.717, 1.165) is 0 Å². The lowest BCUT2D eigenvalue weighted by Crippen LogP contribution is -3.00. The third-order valence-corrected chi connectivity index (χ3v) is 5.74. The fourth-order valence-electron chi connectivity index (χ4n) is 3.93. The minimum atomic E-state index is 0. The van der Waals surface area contributed by atoms with Gasteiger partial charge in [-0.05, 0) is 38.2 Å². The lowest BCUT2D eigenvalue weighted by Gasteiger charge is -2.38. The van der Waals surface area contributed by atoms with Crippen molar-refractivity contribution in [3.05, 3.63) is 23.8 Å². The Kier molecular flexibility index (Phi) is 6.33. The maximum absolute atomic E-state index is 2.51. The van der Waals surface area contributed by atoms with E-state index >= 15 is 0 Å². The van der Waals surface area contributed by atoms with Crippen LogP contribution in [0.25, 0.3) is 0 Å². The van der Waals surface area contributed by atoms with Crippen molar-refractivity contribution in [1.82, 2.24) is 0 Å². The smallest absolute Gasteiger partial charge is 0.105 e. The van der Waals surface area contributed by atoms with E-state index in [2.05, 4.69) is 53.0 Å². The molecule has 1 nitrogen and oxygen atoms in total. The van der Waals surface area contributed by atoms with E-state index in [1.54, 1.807) is 5.57 Å². The maximum atomic E-state index is 2.51. The summed E-state index contributed by atoms with van der Waals surface area (Å²) in [6, 6.07) is 0.660. The minimum absolute atomic E-state index is 0. The van der Waals surface area contributed by atoms with Crippen LogP contribution in [0.2, 0.25) is 0 Å². The lowest BCUT2D eigenvalue weighted by atomic mass is 9.68. The molecule has 2 unspecified atom stereocenters. The first-order valence-corrected chi connectivity index (χ1v) is 8.04. The van der Waals surface area contributed by atoms with Gasteiger partial charge in [0.2, 0.25) is 0 Å². The normalized spacial score (nSPS) is 29.9. The summed E-state index contributed by atoms with van der Waals surface area (Å²) in [6.07, 6.45) is 12.8. The second kappa shape index (κ2) is 6.95. The van der Waals surface area contributed by atoms with Gasteiger partial charge in [0, 0.05) is 18.8 Å². The number of nitrogens with zero attached hydrogens (tertiary/aromatic N) is 1. The number of quaternary nitrogens is 1. The first-order valence-electron chi connectivity index (χ1n) is 8.04. The van der Waals surface area contributed by atoms with Crippen LogP contribution in [0.15, 0.2) is 23.8 Å². The maximum Gasteiger partial charge on any atom is 0.105 e. The van der Waals surface area contributed by atoms with Crippen molar-refractivity contribution in [3.63, 3.8) is 0 Å². The lowest BCUT2D eigenvalue weighted by molar-refractivity contribution is -0.913. The van der Waals surface area contributed by atoms with Crippen molar-refractivity contribution in [3.8, 4) is 0 Å². The Labute approximate surface area is 143 Å². The molecule has 1 aliphatic carbocycles. The zero-order valence-electron chi connectivity index (χ0n) is 14.0. The summed E-state index contributed by atoms with van der Waals surface area (Å²) in [5, 5.41) is 0. The molecule has 2 rings (SSSR count). The first-order chi connectivity index (χ1) is 8.85. The second-order valence-corrected chi connectivity index (χ2v) is 7.71. The number of hydrogen-bond donors (Lipinski definition) is 0. The summed E-state index contributed by atoms with van der Waals surface area (Å²) < 4.78 is 1.24. The molecule has 0 amide bonds. The molecular formula is C18H32IN. The average Bonchev–Trinajstić information content (AvgIpc) is 2.76. The monoisotopic (exact) mass is 389 g/mol. The van der Waals surface area contributed by atoms with E-state index < -0.39 is 0 Å². The summed E-state index contributed by atoms with van der Waals surface area (Å²) in [5.74, 6) is 0.637. The van der Waals surface area contributed by atoms with Crippen LogP contribution < -0.4 is 24.0 Å². The Balaban J connectivity index is 0.00000200. The third kappa shape index (κ3) is 3.88. The highest BCUT2D eigenvalue weighted by atomic mass is 127. The van der Waals surface area contributed by atoms with E-state index in [9.17, 15) is 0 Å². The quantitative estimate of drug-likeness (QED) is 0.391. The van der Waals surface area contributed by atoms with Gasteiger partial charge < -0.3 is 28.5 Å². The van der Waals surface area contributed by atoms with E-state index in [4.69, 9.17) is 0 Å². The summed E-state index contributed by atoms with van der Waals surface area (Å²) in [6.45, 7) is 12.3. The molecular weight excluding hydrogens is 357 g/mol. The van der Waals surface area contributed by atoms with Crippen LogP contribution in [0, 0.1) is 11.3 Å². The van der Waals surface area contributed by atoms with Gasteiger partial charge in [0.05, 0.1) is 20.1 Å². The zero-order valence-corrected chi connectivity index (χ0v) is 16.1. The van der Waals surface area contributed by atoms with Crippen molar-refractivity contribution in [2.24, 2.45) is 11.3 Å². The van der Waals surface area contributed by atoms with Gasteiger partial charge in [-0.15, -0.1) is 0 Å². The molecule has 0 radical (unpaired) electrons. The van der Waals surface area contributed by atoms with Gasteiger partial charge in [0.1, 0.15) is 6.04 Å². The molecule has 0 N–H and O–H groups in total. The van der Waals surface area contributed by atoms with Crippen molar-refractivity contribution < 1.29 is 28.5 Å². The first kappa shape index (κ1) is 18.2. The van der Waals surface area contributed by atoms with Crippen LogP contribution in [-0.2, 0) is 0 Å². The second-order valence-electron chi connectivity index (χ2n) is 7.71. The fraction of sp³-hybridized carbons (Fsp3) is 0.778. The van der Waals surface area contributed by atoms with Crippen LogP contribution >= 0.6 is 0 Å². The molecule has 116 valence electrons. The van der Waals surface area contributed by atoms with Gasteiger partial charge in [-0.25, -0.2) is 0 Å². The summed E-state index contributed by atoms with van der Waals surface area (Å²) in [4.78, 5) is 0. The highest BCUT2D eigenvalue weighted by molar-refractivity contribution is 5.19. The molecule has 1 fully saturated rings. The van der Waals surface area contributed by atoms with Gasteiger partial charge in [-0.1, -0.05) is 31.6 Å². The number of allylic oxidation sites excluding steroid dienone is 3. The molecule has 0 aromatic rings. The van der Waals surface area contributed by atoms with E-state index in [-0.39, 0.29) is 24.0 Å². The summed E-state index contributed by atoms with van der Waals surface area (Å²) >= 11 is 0. The highest BCUT2D eigenvalue weighted by Crippen LogP contribution is 2.41. The molecule has 1 heterocycles. The van der Waals surface area contributed by atoms with Gasteiger partial charge in [-0.2, -0.15) is 0 Å². The average molecular weight is 389 g/mol. The van der Waals surface area contributed by atoms with Crippen LogP contribution in [0.4, 0.5) is 0 Å². The summed E-state index contributed by atoms with van der Waals surface area (Å²) in [7, 11) is 2.43. The van der Waals surface area contributed by atoms with Crippen LogP contribution in [0.5, 0.6) is 0 Å². The molecule has 1 saturated heterocycles. The fourth-order valence-corrected chi connectivity index (χ4v) is 3.93. The van der Waals surface area contributed by atoms with Crippen LogP contribution in [0.3, 0.4) is 0 Å². The van der Waals surface area contributed by atoms with Crippen molar-refractivity contribution in [2.75, 3.05) is 20.1 Å². The zero-order chi connectivity index (χ0) is 14.1. The Morgan fingerprint density at radius 1 is 1.30 bits per heavy atom. The van der Waals surface area contributed by atoms with Crippen molar-refractivity contribution >= 4 is 0 Å². The van der Waals surface area contributed by atoms with Gasteiger partial charge in [0.25, 0.3) is 0 Å². The topological polar surface area (TPSA) is 0 Å². The van der Waals surface area contributed by atoms with Gasteiger partial charge >= 0.3 is 0 Å². The Morgan fingerprint density at radius 2 is 1.90 bits per heavy atom. The summed E-state index contributed by atoms with van der Waals surface area (Å²) in [5.41, 5.74) is 2.00. The Bertz CT molecular complexity index is 375. The molecule has 0 spiro atoms. The molecule has 2 heteroatoms. The van der Waals surface area contributed by atoms with E-state index in [0.29, 0.717) is 17.4 Å². The number of likely N-dealkylation sites (tertiary alicyclic amines) is 1. The molecule has 20 heavy (non-hydrogen) atoms. The molecule has 2 aliphatic rings.